The van der Waals surface area contributed by atoms with Gasteiger partial charge in [0.15, 0.2) is 9.84 Å². The van der Waals surface area contributed by atoms with Crippen molar-refractivity contribution in [1.29, 1.82) is 0 Å². The van der Waals surface area contributed by atoms with Crippen molar-refractivity contribution in [3.8, 4) is 0 Å². The molecule has 0 bridgehead atoms. The predicted molar refractivity (Wildman–Crippen MR) is 97.5 cm³/mol. The van der Waals surface area contributed by atoms with Crippen LogP contribution in [0.15, 0.2) is 53.9 Å². The molecular weight excluding hydrogens is 342 g/mol. The third-order valence-electron chi connectivity index (χ3n) is 4.16. The Balaban J connectivity index is 1.73. The molecule has 1 saturated heterocycles. The maximum atomic E-state index is 12.6. The van der Waals surface area contributed by atoms with Gasteiger partial charge in [0.25, 0.3) is 0 Å². The van der Waals surface area contributed by atoms with Gasteiger partial charge in [-0.1, -0.05) is 36.4 Å². The molecule has 1 aliphatic heterocycles. The van der Waals surface area contributed by atoms with Crippen molar-refractivity contribution in [2.45, 2.75) is 11.7 Å². The Bertz CT molecular complexity index is 811. The number of nitrogens with zero attached hydrogens (tertiary/aromatic N) is 1. The van der Waals surface area contributed by atoms with Crippen LogP contribution < -0.4 is 0 Å². The topological polar surface area (TPSA) is 54.5 Å². The second-order valence-electron chi connectivity index (χ2n) is 5.73. The Morgan fingerprint density at radius 3 is 2.62 bits per heavy atom. The number of sulfone groups is 1. The van der Waals surface area contributed by atoms with Crippen molar-refractivity contribution < 1.29 is 13.2 Å². The molecule has 0 saturated carbocycles. The molecule has 4 nitrogen and oxygen atoms in total. The lowest BCUT2D eigenvalue weighted by atomic mass is 10.1. The monoisotopic (exact) mass is 361 g/mol. The van der Waals surface area contributed by atoms with E-state index in [0.717, 1.165) is 10.4 Å². The van der Waals surface area contributed by atoms with Crippen molar-refractivity contribution in [2.75, 3.05) is 18.8 Å². The fourth-order valence-electron chi connectivity index (χ4n) is 2.85. The minimum Gasteiger partial charge on any atom is -0.338 e. The third kappa shape index (κ3) is 3.94. The smallest absolute Gasteiger partial charge is 0.246 e. The summed E-state index contributed by atoms with van der Waals surface area (Å²) >= 11 is 1.56. The quantitative estimate of drug-likeness (QED) is 0.789. The zero-order chi connectivity index (χ0) is 17.0. The van der Waals surface area contributed by atoms with Crippen LogP contribution >= 0.6 is 11.3 Å². The molecule has 0 radical (unpaired) electrons. The average molecular weight is 361 g/mol. The van der Waals surface area contributed by atoms with Crippen molar-refractivity contribution in [3.05, 3.63) is 64.4 Å². The standard InChI is InChI=1S/C18H19NO3S2/c20-18(9-8-16-7-4-13-23-16)19-11-10-17(24(21,22)14-12-19)15-5-2-1-3-6-15/h1-9,13,17H,10-12,14H2/b9-8+/t17-/m1/s1. The molecule has 0 spiro atoms. The van der Waals surface area contributed by atoms with Gasteiger partial charge in [-0.25, -0.2) is 8.42 Å². The van der Waals surface area contributed by atoms with Gasteiger partial charge in [0.2, 0.25) is 5.91 Å². The average Bonchev–Trinajstić information content (AvgIpc) is 3.04. The number of hydrogen-bond acceptors (Lipinski definition) is 4. The number of amides is 1. The van der Waals surface area contributed by atoms with E-state index in [1.54, 1.807) is 22.3 Å². The molecule has 1 fully saturated rings. The maximum absolute atomic E-state index is 12.6. The van der Waals surface area contributed by atoms with Gasteiger partial charge in [-0.15, -0.1) is 11.3 Å². The largest absolute Gasteiger partial charge is 0.338 e. The molecule has 1 aromatic carbocycles. The van der Waals surface area contributed by atoms with Crippen LogP contribution in [0.5, 0.6) is 0 Å². The molecule has 6 heteroatoms. The molecular formula is C18H19NO3S2. The first-order valence-electron chi connectivity index (χ1n) is 7.83. The summed E-state index contributed by atoms with van der Waals surface area (Å²) in [4.78, 5) is 15.0. The third-order valence-corrected chi connectivity index (χ3v) is 7.12. The normalized spacial score (nSPS) is 20.8. The lowest BCUT2D eigenvalue weighted by Crippen LogP contribution is -2.32. The highest BCUT2D eigenvalue weighted by molar-refractivity contribution is 7.91. The highest BCUT2D eigenvalue weighted by Gasteiger charge is 2.32. The Labute approximate surface area is 146 Å². The number of rotatable bonds is 3. The first-order valence-corrected chi connectivity index (χ1v) is 10.4. The van der Waals surface area contributed by atoms with E-state index in [0.29, 0.717) is 13.0 Å². The van der Waals surface area contributed by atoms with E-state index in [9.17, 15) is 13.2 Å². The fraction of sp³-hybridized carbons (Fsp3) is 0.278. The highest BCUT2D eigenvalue weighted by atomic mass is 32.2. The fourth-order valence-corrected chi connectivity index (χ4v) is 5.26. The van der Waals surface area contributed by atoms with Crippen LogP contribution in [0.25, 0.3) is 6.08 Å². The summed E-state index contributed by atoms with van der Waals surface area (Å²) in [7, 11) is -3.25. The molecule has 2 heterocycles. The van der Waals surface area contributed by atoms with Gasteiger partial charge in [0.1, 0.15) is 0 Å². The zero-order valence-electron chi connectivity index (χ0n) is 13.2. The van der Waals surface area contributed by atoms with E-state index >= 15 is 0 Å². The summed E-state index contributed by atoms with van der Waals surface area (Å²) in [5, 5.41) is 1.42. The minimum absolute atomic E-state index is 0.00510. The van der Waals surface area contributed by atoms with Crippen LogP contribution in [-0.4, -0.2) is 38.1 Å². The molecule has 2 aromatic rings. The minimum atomic E-state index is -3.25. The number of thiophene rings is 1. The van der Waals surface area contributed by atoms with Gasteiger partial charge in [0.05, 0.1) is 11.0 Å². The summed E-state index contributed by atoms with van der Waals surface area (Å²) in [6, 6.07) is 13.1. The Morgan fingerprint density at radius 1 is 1.12 bits per heavy atom. The summed E-state index contributed by atoms with van der Waals surface area (Å²) < 4.78 is 25.1. The summed E-state index contributed by atoms with van der Waals surface area (Å²) in [5.41, 5.74) is 0.806. The van der Waals surface area contributed by atoms with Gasteiger partial charge in [-0.05, 0) is 29.5 Å². The number of carbonyl (C=O) groups excluding carboxylic acids is 1. The highest BCUT2D eigenvalue weighted by Crippen LogP contribution is 2.29. The summed E-state index contributed by atoms with van der Waals surface area (Å²) in [6.45, 7) is 0.700. The molecule has 126 valence electrons. The van der Waals surface area contributed by atoms with Crippen LogP contribution in [-0.2, 0) is 14.6 Å². The molecule has 1 aliphatic rings. The first-order chi connectivity index (χ1) is 11.6. The van der Waals surface area contributed by atoms with E-state index in [4.69, 9.17) is 0 Å². The van der Waals surface area contributed by atoms with E-state index in [1.807, 2.05) is 47.8 Å². The Morgan fingerprint density at radius 2 is 1.92 bits per heavy atom. The van der Waals surface area contributed by atoms with Crippen LogP contribution in [0.1, 0.15) is 22.1 Å². The van der Waals surface area contributed by atoms with Gasteiger partial charge in [-0.2, -0.15) is 0 Å². The van der Waals surface area contributed by atoms with Crippen molar-refractivity contribution in [2.24, 2.45) is 0 Å². The number of carbonyl (C=O) groups is 1. The Kier molecular flexibility index (Phi) is 5.16. The predicted octanol–water partition coefficient (Wildman–Crippen LogP) is 3.15. The number of benzene rings is 1. The van der Waals surface area contributed by atoms with Crippen molar-refractivity contribution >= 4 is 33.2 Å². The maximum Gasteiger partial charge on any atom is 0.246 e. The van der Waals surface area contributed by atoms with Crippen LogP contribution in [0.2, 0.25) is 0 Å². The van der Waals surface area contributed by atoms with E-state index in [2.05, 4.69) is 0 Å². The van der Waals surface area contributed by atoms with Crippen LogP contribution in [0.4, 0.5) is 0 Å². The van der Waals surface area contributed by atoms with Crippen molar-refractivity contribution in [1.82, 2.24) is 4.90 Å². The lowest BCUT2D eigenvalue weighted by Gasteiger charge is -2.18. The molecule has 1 aromatic heterocycles. The van der Waals surface area contributed by atoms with Gasteiger partial charge >= 0.3 is 0 Å². The molecule has 3 rings (SSSR count). The second kappa shape index (κ2) is 7.32. The molecule has 0 N–H and O–H groups in total. The number of hydrogen-bond donors (Lipinski definition) is 0. The van der Waals surface area contributed by atoms with E-state index < -0.39 is 15.1 Å². The SMILES string of the molecule is O=C(/C=C/c1cccs1)N1CC[C@H](c2ccccc2)S(=O)(=O)CC1. The molecule has 1 atom stereocenters. The van der Waals surface area contributed by atoms with Crippen LogP contribution in [0, 0.1) is 0 Å². The molecule has 24 heavy (non-hydrogen) atoms. The van der Waals surface area contributed by atoms with Gasteiger partial charge < -0.3 is 4.90 Å². The lowest BCUT2D eigenvalue weighted by molar-refractivity contribution is -0.125. The summed E-state index contributed by atoms with van der Waals surface area (Å²) in [6.07, 6.45) is 3.74. The van der Waals surface area contributed by atoms with Crippen molar-refractivity contribution in [3.63, 3.8) is 0 Å². The van der Waals surface area contributed by atoms with Gasteiger partial charge in [-0.3, -0.25) is 4.79 Å². The molecule has 0 unspecified atom stereocenters. The first kappa shape index (κ1) is 16.9. The Hall–Kier alpha value is -1.92. The zero-order valence-corrected chi connectivity index (χ0v) is 14.8. The van der Waals surface area contributed by atoms with Gasteiger partial charge in [0, 0.05) is 24.0 Å². The van der Waals surface area contributed by atoms with E-state index in [1.165, 1.54) is 6.08 Å². The molecule has 1 amide bonds. The molecule has 0 aliphatic carbocycles. The summed E-state index contributed by atoms with van der Waals surface area (Å²) in [5.74, 6) is -0.127. The van der Waals surface area contributed by atoms with Crippen LogP contribution in [0.3, 0.4) is 0 Å². The van der Waals surface area contributed by atoms with E-state index in [-0.39, 0.29) is 18.2 Å². The second-order valence-corrected chi connectivity index (χ2v) is 9.01.